The number of hydrogen-bond donors (Lipinski definition) is 1. The van der Waals surface area contributed by atoms with E-state index in [0.717, 1.165) is 11.4 Å². The molecule has 2 heterocycles. The molecule has 0 saturated carbocycles. The van der Waals surface area contributed by atoms with Gasteiger partial charge in [0, 0.05) is 11.8 Å². The molecule has 21 heavy (non-hydrogen) atoms. The second kappa shape index (κ2) is 5.96. The molecule has 0 atom stereocenters. The van der Waals surface area contributed by atoms with Gasteiger partial charge in [0.25, 0.3) is 5.91 Å². The fourth-order valence-electron chi connectivity index (χ4n) is 1.88. The maximum Gasteiger partial charge on any atom is 0.251 e. The Kier molecular flexibility index (Phi) is 3.68. The van der Waals surface area contributed by atoms with E-state index in [1.807, 2.05) is 30.3 Å². The first kappa shape index (κ1) is 13.0. The van der Waals surface area contributed by atoms with Crippen molar-refractivity contribution in [2.75, 3.05) is 0 Å². The van der Waals surface area contributed by atoms with Gasteiger partial charge in [0.1, 0.15) is 12.7 Å². The fourth-order valence-corrected chi connectivity index (χ4v) is 1.88. The molecule has 0 radical (unpaired) electrons. The molecule has 0 aliphatic carbocycles. The lowest BCUT2D eigenvalue weighted by Crippen LogP contribution is -2.23. The lowest BCUT2D eigenvalue weighted by Gasteiger charge is -2.06. The molecule has 104 valence electrons. The number of nitrogens with one attached hydrogen (secondary N) is 1. The van der Waals surface area contributed by atoms with E-state index in [1.165, 1.54) is 6.33 Å². The Morgan fingerprint density at radius 2 is 2.00 bits per heavy atom. The fraction of sp³-hybridized carbons (Fsp3) is 0.0667. The van der Waals surface area contributed by atoms with E-state index < -0.39 is 0 Å². The summed E-state index contributed by atoms with van der Waals surface area (Å²) in [6, 6.07) is 12.8. The van der Waals surface area contributed by atoms with Crippen molar-refractivity contribution >= 4 is 5.91 Å². The summed E-state index contributed by atoms with van der Waals surface area (Å²) in [6.45, 7) is 0.407. The number of nitrogens with zero attached hydrogens (tertiary/aromatic N) is 4. The second-order valence-electron chi connectivity index (χ2n) is 4.39. The normalized spacial score (nSPS) is 10.3. The summed E-state index contributed by atoms with van der Waals surface area (Å²) >= 11 is 0. The Balaban J connectivity index is 1.65. The summed E-state index contributed by atoms with van der Waals surface area (Å²) in [4.78, 5) is 20.1. The van der Waals surface area contributed by atoms with Gasteiger partial charge in [-0.2, -0.15) is 5.10 Å². The molecule has 0 fully saturated rings. The number of hydrogen-bond acceptors (Lipinski definition) is 4. The summed E-state index contributed by atoms with van der Waals surface area (Å²) in [7, 11) is 0. The first-order valence-electron chi connectivity index (χ1n) is 6.46. The van der Waals surface area contributed by atoms with Gasteiger partial charge in [-0.25, -0.2) is 9.67 Å². The minimum atomic E-state index is -0.134. The minimum Gasteiger partial charge on any atom is -0.346 e. The van der Waals surface area contributed by atoms with Crippen LogP contribution in [0.1, 0.15) is 16.1 Å². The number of carbonyl (C=O) groups excluding carboxylic acids is 1. The Labute approximate surface area is 121 Å². The quantitative estimate of drug-likeness (QED) is 0.787. The third-order valence-electron chi connectivity index (χ3n) is 2.97. The Morgan fingerprint density at radius 3 is 2.67 bits per heavy atom. The third-order valence-corrected chi connectivity index (χ3v) is 2.97. The van der Waals surface area contributed by atoms with Crippen molar-refractivity contribution < 1.29 is 4.79 Å². The van der Waals surface area contributed by atoms with Crippen molar-refractivity contribution in [3.05, 3.63) is 72.6 Å². The molecule has 2 aromatic heterocycles. The van der Waals surface area contributed by atoms with Crippen LogP contribution in [0.4, 0.5) is 0 Å². The molecule has 0 aliphatic heterocycles. The molecule has 1 amide bonds. The number of rotatable bonds is 4. The lowest BCUT2D eigenvalue weighted by atomic mass is 10.2. The van der Waals surface area contributed by atoms with Crippen LogP contribution in [0, 0.1) is 0 Å². The molecule has 6 heteroatoms. The standard InChI is InChI=1S/C15H13N5O/c21-15(18-9-13-3-1-2-8-17-13)12-4-6-14(7-5-12)20-11-16-10-19-20/h1-8,10-11H,9H2,(H,18,21). The highest BCUT2D eigenvalue weighted by atomic mass is 16.1. The number of aromatic nitrogens is 4. The zero-order chi connectivity index (χ0) is 14.5. The van der Waals surface area contributed by atoms with Crippen LogP contribution >= 0.6 is 0 Å². The molecular formula is C15H13N5O. The number of benzene rings is 1. The first-order chi connectivity index (χ1) is 10.3. The van der Waals surface area contributed by atoms with Gasteiger partial charge in [-0.05, 0) is 36.4 Å². The molecular weight excluding hydrogens is 266 g/mol. The van der Waals surface area contributed by atoms with Crippen LogP contribution in [0.15, 0.2) is 61.3 Å². The van der Waals surface area contributed by atoms with Gasteiger partial charge in [-0.15, -0.1) is 0 Å². The molecule has 1 aromatic carbocycles. The summed E-state index contributed by atoms with van der Waals surface area (Å²) in [6.07, 6.45) is 4.78. The summed E-state index contributed by atoms with van der Waals surface area (Å²) in [5, 5.41) is 6.87. The summed E-state index contributed by atoms with van der Waals surface area (Å²) < 4.78 is 1.63. The van der Waals surface area contributed by atoms with Crippen LogP contribution in [0.5, 0.6) is 0 Å². The molecule has 3 rings (SSSR count). The zero-order valence-corrected chi connectivity index (χ0v) is 11.2. The summed E-state index contributed by atoms with van der Waals surface area (Å²) in [5.74, 6) is -0.134. The molecule has 0 spiro atoms. The first-order valence-corrected chi connectivity index (χ1v) is 6.46. The van der Waals surface area contributed by atoms with Crippen LogP contribution in [0.3, 0.4) is 0 Å². The van der Waals surface area contributed by atoms with Crippen molar-refractivity contribution in [1.82, 2.24) is 25.1 Å². The molecule has 0 saturated heterocycles. The monoisotopic (exact) mass is 279 g/mol. The van der Waals surface area contributed by atoms with Crippen LogP contribution in [0.25, 0.3) is 5.69 Å². The third kappa shape index (κ3) is 3.11. The Bertz CT molecular complexity index is 708. The highest BCUT2D eigenvalue weighted by molar-refractivity contribution is 5.94. The van der Waals surface area contributed by atoms with Crippen LogP contribution in [-0.2, 0) is 6.54 Å². The maximum absolute atomic E-state index is 12.0. The topological polar surface area (TPSA) is 72.7 Å². The SMILES string of the molecule is O=C(NCc1ccccn1)c1ccc(-n2cncn2)cc1. The van der Waals surface area contributed by atoms with Gasteiger partial charge in [0.15, 0.2) is 0 Å². The number of pyridine rings is 1. The molecule has 1 N–H and O–H groups in total. The van der Waals surface area contributed by atoms with Crippen molar-refractivity contribution in [2.45, 2.75) is 6.54 Å². The average molecular weight is 279 g/mol. The van der Waals surface area contributed by atoms with E-state index >= 15 is 0 Å². The van der Waals surface area contributed by atoms with E-state index in [1.54, 1.807) is 29.3 Å². The average Bonchev–Trinajstić information content (AvgIpc) is 3.08. The van der Waals surface area contributed by atoms with Gasteiger partial charge in [0.2, 0.25) is 0 Å². The van der Waals surface area contributed by atoms with Gasteiger partial charge in [-0.1, -0.05) is 6.07 Å². The molecule has 3 aromatic rings. The second-order valence-corrected chi connectivity index (χ2v) is 4.39. The predicted octanol–water partition coefficient (Wildman–Crippen LogP) is 1.59. The predicted molar refractivity (Wildman–Crippen MR) is 76.8 cm³/mol. The van der Waals surface area contributed by atoms with Gasteiger partial charge >= 0.3 is 0 Å². The van der Waals surface area contributed by atoms with Crippen molar-refractivity contribution in [3.63, 3.8) is 0 Å². The van der Waals surface area contributed by atoms with Crippen molar-refractivity contribution in [3.8, 4) is 5.69 Å². The van der Waals surface area contributed by atoms with E-state index in [0.29, 0.717) is 12.1 Å². The Hall–Kier alpha value is -3.02. The van der Waals surface area contributed by atoms with E-state index in [9.17, 15) is 4.79 Å². The number of amides is 1. The molecule has 0 aliphatic rings. The zero-order valence-electron chi connectivity index (χ0n) is 11.2. The van der Waals surface area contributed by atoms with Crippen LogP contribution < -0.4 is 5.32 Å². The minimum absolute atomic E-state index is 0.134. The highest BCUT2D eigenvalue weighted by Crippen LogP contribution is 2.08. The lowest BCUT2D eigenvalue weighted by molar-refractivity contribution is 0.0950. The smallest absolute Gasteiger partial charge is 0.251 e. The molecule has 0 bridgehead atoms. The van der Waals surface area contributed by atoms with E-state index in [2.05, 4.69) is 20.4 Å². The molecule has 6 nitrogen and oxygen atoms in total. The van der Waals surface area contributed by atoms with Crippen LogP contribution in [-0.4, -0.2) is 25.7 Å². The molecule has 0 unspecified atom stereocenters. The number of carbonyl (C=O) groups is 1. The van der Waals surface area contributed by atoms with Crippen molar-refractivity contribution in [1.29, 1.82) is 0 Å². The van der Waals surface area contributed by atoms with Gasteiger partial charge in [-0.3, -0.25) is 9.78 Å². The van der Waals surface area contributed by atoms with Gasteiger partial charge in [0.05, 0.1) is 17.9 Å². The van der Waals surface area contributed by atoms with Crippen molar-refractivity contribution in [2.24, 2.45) is 0 Å². The highest BCUT2D eigenvalue weighted by Gasteiger charge is 2.06. The van der Waals surface area contributed by atoms with Gasteiger partial charge < -0.3 is 5.32 Å². The largest absolute Gasteiger partial charge is 0.346 e. The van der Waals surface area contributed by atoms with Crippen LogP contribution in [0.2, 0.25) is 0 Å². The summed E-state index contributed by atoms with van der Waals surface area (Å²) in [5.41, 5.74) is 2.27. The van der Waals surface area contributed by atoms with E-state index in [-0.39, 0.29) is 5.91 Å². The van der Waals surface area contributed by atoms with E-state index in [4.69, 9.17) is 0 Å². The maximum atomic E-state index is 12.0. The Morgan fingerprint density at radius 1 is 1.14 bits per heavy atom.